The standard InChI is InChI=1S/3C10H20O2.Eu/c3*1-4-6-8-10(3,7-5-2)9(11)12;/h3*4-8H2,1-3H3,(H,11,12);/q;;;+3/p-3. The summed E-state index contributed by atoms with van der Waals surface area (Å²) >= 11 is 0. The van der Waals surface area contributed by atoms with Crippen LogP contribution in [0.5, 0.6) is 0 Å². The number of carboxylic acids is 3. The first-order valence-electron chi connectivity index (χ1n) is 14.3. The maximum atomic E-state index is 10.8. The van der Waals surface area contributed by atoms with Crippen LogP contribution in [0.3, 0.4) is 0 Å². The average molecular weight is 666 g/mol. The predicted octanol–water partition coefficient (Wildman–Crippen LogP) is 5.20. The largest absolute Gasteiger partial charge is 3.00 e. The van der Waals surface area contributed by atoms with Gasteiger partial charge in [0.15, 0.2) is 0 Å². The Morgan fingerprint density at radius 2 is 0.622 bits per heavy atom. The van der Waals surface area contributed by atoms with Crippen molar-refractivity contribution in [1.29, 1.82) is 0 Å². The minimum atomic E-state index is -0.891. The molecule has 37 heavy (non-hydrogen) atoms. The molecule has 220 valence electrons. The minimum Gasteiger partial charge on any atom is -0.550 e. The number of rotatable bonds is 18. The molecule has 3 unspecified atom stereocenters. The Bertz CT molecular complexity index is 516. The van der Waals surface area contributed by atoms with E-state index >= 15 is 0 Å². The van der Waals surface area contributed by atoms with E-state index in [1.165, 1.54) is 0 Å². The van der Waals surface area contributed by atoms with Gasteiger partial charge in [-0.2, -0.15) is 0 Å². The molecular formula is C30H57EuO6. The summed E-state index contributed by atoms with van der Waals surface area (Å²) in [4.78, 5) is 32.4. The zero-order valence-electron chi connectivity index (χ0n) is 25.4. The van der Waals surface area contributed by atoms with Crippen LogP contribution in [0.2, 0.25) is 0 Å². The zero-order chi connectivity index (χ0) is 28.8. The SMILES string of the molecule is CCCCC(C)(CCC)C(=O)[O-].CCCCC(C)(CCC)C(=O)[O-].CCCCC(C)(CCC)C(=O)[O-].[Eu+3]. The van der Waals surface area contributed by atoms with Gasteiger partial charge in [-0.15, -0.1) is 0 Å². The van der Waals surface area contributed by atoms with E-state index in [-0.39, 0.29) is 49.4 Å². The van der Waals surface area contributed by atoms with Crippen molar-refractivity contribution in [3.63, 3.8) is 0 Å². The molecule has 0 radical (unpaired) electrons. The average Bonchev–Trinajstić information content (AvgIpc) is 2.81. The molecule has 6 nitrogen and oxygen atoms in total. The third kappa shape index (κ3) is 20.5. The summed E-state index contributed by atoms with van der Waals surface area (Å²) in [6.45, 7) is 17.6. The van der Waals surface area contributed by atoms with Gasteiger partial charge in [0, 0.05) is 34.2 Å². The Morgan fingerprint density at radius 1 is 0.432 bits per heavy atom. The second kappa shape index (κ2) is 25.0. The fourth-order valence-electron chi connectivity index (χ4n) is 4.34. The molecule has 0 aliphatic heterocycles. The van der Waals surface area contributed by atoms with E-state index in [1.54, 1.807) is 20.8 Å². The van der Waals surface area contributed by atoms with Gasteiger partial charge in [0.2, 0.25) is 0 Å². The molecule has 0 aliphatic rings. The van der Waals surface area contributed by atoms with E-state index in [2.05, 4.69) is 20.8 Å². The molecule has 0 heterocycles. The van der Waals surface area contributed by atoms with Gasteiger partial charge in [-0.05, 0) is 38.5 Å². The number of aliphatic carboxylic acids is 3. The van der Waals surface area contributed by atoms with Gasteiger partial charge < -0.3 is 29.7 Å². The summed E-state index contributed by atoms with van der Waals surface area (Å²) < 4.78 is 0. The normalized spacial score (nSPS) is 15.2. The van der Waals surface area contributed by atoms with Crippen LogP contribution in [-0.2, 0) is 14.4 Å². The molecule has 0 N–H and O–H groups in total. The number of carboxylic acid groups (broad SMARTS) is 3. The van der Waals surface area contributed by atoms with Crippen LogP contribution in [0, 0.1) is 65.6 Å². The van der Waals surface area contributed by atoms with E-state index in [0.29, 0.717) is 0 Å². The predicted molar refractivity (Wildman–Crippen MR) is 143 cm³/mol. The van der Waals surface area contributed by atoms with Crippen LogP contribution in [0.1, 0.15) is 159 Å². The fourth-order valence-corrected chi connectivity index (χ4v) is 4.34. The van der Waals surface area contributed by atoms with E-state index in [0.717, 1.165) is 96.3 Å². The van der Waals surface area contributed by atoms with Gasteiger partial charge in [-0.3, -0.25) is 0 Å². The van der Waals surface area contributed by atoms with E-state index in [9.17, 15) is 29.7 Å². The van der Waals surface area contributed by atoms with Crippen LogP contribution in [0.4, 0.5) is 0 Å². The third-order valence-corrected chi connectivity index (χ3v) is 7.13. The molecule has 0 amide bonds. The topological polar surface area (TPSA) is 120 Å². The maximum Gasteiger partial charge on any atom is 3.00 e. The van der Waals surface area contributed by atoms with Crippen LogP contribution < -0.4 is 15.3 Å². The van der Waals surface area contributed by atoms with E-state index in [4.69, 9.17) is 0 Å². The van der Waals surface area contributed by atoms with Gasteiger partial charge in [-0.1, -0.05) is 120 Å². The van der Waals surface area contributed by atoms with Crippen molar-refractivity contribution < 1.29 is 79.1 Å². The molecule has 0 rings (SSSR count). The first-order valence-corrected chi connectivity index (χ1v) is 14.3. The van der Waals surface area contributed by atoms with Crippen molar-refractivity contribution in [2.75, 3.05) is 0 Å². The molecule has 0 spiro atoms. The Morgan fingerprint density at radius 3 is 0.730 bits per heavy atom. The Balaban J connectivity index is -0.000000218. The third-order valence-electron chi connectivity index (χ3n) is 7.13. The molecule has 0 aromatic carbocycles. The van der Waals surface area contributed by atoms with Gasteiger partial charge in [0.25, 0.3) is 0 Å². The van der Waals surface area contributed by atoms with Crippen molar-refractivity contribution in [3.8, 4) is 0 Å². The van der Waals surface area contributed by atoms with Crippen LogP contribution in [-0.4, -0.2) is 17.9 Å². The molecule has 0 aliphatic carbocycles. The molecule has 0 aromatic rings. The molecule has 0 saturated carbocycles. The number of carbonyl (C=O) groups excluding carboxylic acids is 3. The van der Waals surface area contributed by atoms with Crippen LogP contribution in [0.25, 0.3) is 0 Å². The molecule has 0 bridgehead atoms. The summed E-state index contributed by atoms with van der Waals surface area (Å²) in [6, 6.07) is 0. The summed E-state index contributed by atoms with van der Waals surface area (Å²) in [5, 5.41) is 32.4. The molecular weight excluding hydrogens is 608 g/mol. The maximum absolute atomic E-state index is 10.8. The number of unbranched alkanes of at least 4 members (excludes halogenated alkanes) is 3. The molecule has 0 aromatic heterocycles. The summed E-state index contributed by atoms with van der Waals surface area (Å²) in [5.74, 6) is -2.67. The second-order valence-corrected chi connectivity index (χ2v) is 11.1. The Hall–Kier alpha value is -0.00558. The van der Waals surface area contributed by atoms with Crippen molar-refractivity contribution in [2.24, 2.45) is 16.2 Å². The number of hydrogen-bond donors (Lipinski definition) is 0. The molecule has 0 fully saturated rings. The summed E-state index contributed by atoms with van der Waals surface area (Å²) in [6.07, 6.45) is 13.3. The van der Waals surface area contributed by atoms with E-state index < -0.39 is 34.2 Å². The second-order valence-electron chi connectivity index (χ2n) is 11.1. The smallest absolute Gasteiger partial charge is 0.550 e. The van der Waals surface area contributed by atoms with Gasteiger partial charge >= 0.3 is 49.4 Å². The van der Waals surface area contributed by atoms with Crippen LogP contribution in [0.15, 0.2) is 0 Å². The van der Waals surface area contributed by atoms with Crippen molar-refractivity contribution >= 4 is 17.9 Å². The van der Waals surface area contributed by atoms with Crippen LogP contribution >= 0.6 is 0 Å². The van der Waals surface area contributed by atoms with Gasteiger partial charge in [0.05, 0.1) is 0 Å². The Kier molecular flexibility index (Phi) is 29.7. The Labute approximate surface area is 269 Å². The first kappa shape index (κ1) is 44.0. The van der Waals surface area contributed by atoms with Gasteiger partial charge in [0.1, 0.15) is 0 Å². The summed E-state index contributed by atoms with van der Waals surface area (Å²) in [5.41, 5.74) is -1.78. The minimum absolute atomic E-state index is 0. The molecule has 3 atom stereocenters. The number of carbonyl (C=O) groups is 3. The monoisotopic (exact) mass is 666 g/mol. The van der Waals surface area contributed by atoms with Crippen molar-refractivity contribution in [2.45, 2.75) is 159 Å². The zero-order valence-corrected chi connectivity index (χ0v) is 27.9. The van der Waals surface area contributed by atoms with Crippen molar-refractivity contribution in [1.82, 2.24) is 0 Å². The number of hydrogen-bond acceptors (Lipinski definition) is 6. The first-order chi connectivity index (χ1) is 16.7. The van der Waals surface area contributed by atoms with E-state index in [1.807, 2.05) is 20.8 Å². The fraction of sp³-hybridized carbons (Fsp3) is 0.900. The molecule has 7 heteroatoms. The quantitative estimate of drug-likeness (QED) is 0.199. The van der Waals surface area contributed by atoms with Gasteiger partial charge in [-0.25, -0.2) is 0 Å². The molecule has 0 saturated heterocycles. The van der Waals surface area contributed by atoms with Crippen molar-refractivity contribution in [3.05, 3.63) is 0 Å². The summed E-state index contributed by atoms with van der Waals surface area (Å²) in [7, 11) is 0.